The Labute approximate surface area is 166 Å². The van der Waals surface area contributed by atoms with E-state index in [0.29, 0.717) is 6.54 Å². The van der Waals surface area contributed by atoms with Crippen molar-refractivity contribution in [2.75, 3.05) is 51.3 Å². The molecular formula is C21H29N5O2. The number of aliphatic hydroxyl groups is 1. The Bertz CT molecular complexity index is 760. The first kappa shape index (κ1) is 19.9. The van der Waals surface area contributed by atoms with Crippen molar-refractivity contribution in [3.05, 3.63) is 54.4 Å². The van der Waals surface area contributed by atoms with Gasteiger partial charge in [-0.05, 0) is 36.8 Å². The largest absolute Gasteiger partial charge is 0.495 e. The number of benzene rings is 1. The predicted molar refractivity (Wildman–Crippen MR) is 112 cm³/mol. The van der Waals surface area contributed by atoms with E-state index in [2.05, 4.69) is 38.1 Å². The van der Waals surface area contributed by atoms with Crippen LogP contribution < -0.4 is 15.0 Å². The van der Waals surface area contributed by atoms with Crippen LogP contribution in [0.2, 0.25) is 0 Å². The van der Waals surface area contributed by atoms with Gasteiger partial charge >= 0.3 is 0 Å². The number of anilines is 1. The minimum atomic E-state index is -0.633. The van der Waals surface area contributed by atoms with Gasteiger partial charge in [0.05, 0.1) is 25.4 Å². The van der Waals surface area contributed by atoms with Gasteiger partial charge in [-0.3, -0.25) is 9.98 Å². The number of nitrogens with zero attached hydrogens (tertiary/aromatic N) is 4. The molecule has 0 saturated carbocycles. The lowest BCUT2D eigenvalue weighted by Gasteiger charge is -2.38. The second-order valence-electron chi connectivity index (χ2n) is 6.64. The molecule has 1 unspecified atom stereocenters. The van der Waals surface area contributed by atoms with Gasteiger partial charge in [0.2, 0.25) is 0 Å². The van der Waals surface area contributed by atoms with Crippen molar-refractivity contribution in [1.82, 2.24) is 15.2 Å². The van der Waals surface area contributed by atoms with Crippen LogP contribution in [0.25, 0.3) is 0 Å². The third-order valence-corrected chi connectivity index (χ3v) is 4.84. The number of rotatable bonds is 6. The van der Waals surface area contributed by atoms with Crippen LogP contribution in [0.5, 0.6) is 5.75 Å². The first-order valence-electron chi connectivity index (χ1n) is 9.72. The van der Waals surface area contributed by atoms with Gasteiger partial charge in [0.1, 0.15) is 5.75 Å². The van der Waals surface area contributed by atoms with E-state index in [-0.39, 0.29) is 0 Å². The fourth-order valence-corrected chi connectivity index (χ4v) is 3.34. The number of hydrogen-bond acceptors (Lipinski definition) is 5. The fourth-order valence-electron chi connectivity index (χ4n) is 3.34. The molecule has 2 heterocycles. The van der Waals surface area contributed by atoms with Gasteiger partial charge in [-0.15, -0.1) is 0 Å². The van der Waals surface area contributed by atoms with E-state index in [9.17, 15) is 5.11 Å². The van der Waals surface area contributed by atoms with E-state index in [1.165, 1.54) is 0 Å². The molecule has 150 valence electrons. The number of para-hydroxylation sites is 2. The summed E-state index contributed by atoms with van der Waals surface area (Å²) in [7, 11) is 1.71. The Morgan fingerprint density at radius 2 is 1.89 bits per heavy atom. The first-order chi connectivity index (χ1) is 13.7. The van der Waals surface area contributed by atoms with Crippen LogP contribution in [0.15, 0.2) is 53.8 Å². The van der Waals surface area contributed by atoms with Crippen molar-refractivity contribution >= 4 is 11.6 Å². The topological polar surface area (TPSA) is 73.2 Å². The zero-order valence-electron chi connectivity index (χ0n) is 16.6. The van der Waals surface area contributed by atoms with E-state index in [1.54, 1.807) is 19.5 Å². The maximum atomic E-state index is 10.4. The van der Waals surface area contributed by atoms with Gasteiger partial charge in [-0.25, -0.2) is 0 Å². The summed E-state index contributed by atoms with van der Waals surface area (Å²) in [5.41, 5.74) is 1.95. The molecule has 0 bridgehead atoms. The number of ether oxygens (including phenoxy) is 1. The van der Waals surface area contributed by atoms with Crippen molar-refractivity contribution in [2.24, 2.45) is 4.99 Å². The molecular weight excluding hydrogens is 354 g/mol. The van der Waals surface area contributed by atoms with Crippen LogP contribution >= 0.6 is 0 Å². The minimum Gasteiger partial charge on any atom is -0.495 e. The molecule has 2 aromatic rings. The van der Waals surface area contributed by atoms with Crippen molar-refractivity contribution < 1.29 is 9.84 Å². The highest BCUT2D eigenvalue weighted by molar-refractivity contribution is 5.80. The van der Waals surface area contributed by atoms with Gasteiger partial charge in [-0.1, -0.05) is 12.1 Å². The highest BCUT2D eigenvalue weighted by atomic mass is 16.5. The summed E-state index contributed by atoms with van der Waals surface area (Å²) in [5.74, 6) is 1.74. The third-order valence-electron chi connectivity index (χ3n) is 4.84. The van der Waals surface area contributed by atoms with E-state index in [0.717, 1.165) is 55.7 Å². The fraction of sp³-hybridized carbons (Fsp3) is 0.429. The normalized spacial score (nSPS) is 16.0. The molecule has 0 aliphatic carbocycles. The quantitative estimate of drug-likeness (QED) is 0.586. The maximum absolute atomic E-state index is 10.4. The molecule has 1 aromatic heterocycles. The van der Waals surface area contributed by atoms with Crippen molar-refractivity contribution in [1.29, 1.82) is 0 Å². The van der Waals surface area contributed by atoms with Gasteiger partial charge in [0.15, 0.2) is 5.96 Å². The number of pyridine rings is 1. The highest BCUT2D eigenvalue weighted by Gasteiger charge is 2.22. The van der Waals surface area contributed by atoms with Crippen LogP contribution in [-0.2, 0) is 0 Å². The Morgan fingerprint density at radius 3 is 2.57 bits per heavy atom. The molecule has 1 fully saturated rings. The van der Waals surface area contributed by atoms with Crippen LogP contribution in [-0.4, -0.2) is 67.3 Å². The molecule has 1 aromatic carbocycles. The van der Waals surface area contributed by atoms with Gasteiger partial charge in [0, 0.05) is 45.1 Å². The van der Waals surface area contributed by atoms with Crippen LogP contribution in [0.1, 0.15) is 18.6 Å². The average molecular weight is 383 g/mol. The van der Waals surface area contributed by atoms with Crippen molar-refractivity contribution in [3.8, 4) is 5.75 Å². The molecule has 1 aliphatic rings. The molecule has 7 nitrogen and oxygen atoms in total. The SMILES string of the molecule is CCNC(=NCC(O)c1ccncc1)N1CCN(c2ccccc2OC)CC1. The summed E-state index contributed by atoms with van der Waals surface area (Å²) in [4.78, 5) is 13.2. The van der Waals surface area contributed by atoms with Gasteiger partial charge in [-0.2, -0.15) is 0 Å². The standard InChI is InChI=1S/C21H29N5O2/c1-3-23-21(24-16-19(27)17-8-10-22-11-9-17)26-14-12-25(13-15-26)18-6-4-5-7-20(18)28-2/h4-11,19,27H,3,12-16H2,1-2H3,(H,23,24). The van der Waals surface area contributed by atoms with Crippen molar-refractivity contribution in [3.63, 3.8) is 0 Å². The molecule has 2 N–H and O–H groups in total. The number of aliphatic imine (C=N–C) groups is 1. The lowest BCUT2D eigenvalue weighted by molar-refractivity contribution is 0.186. The molecule has 0 amide bonds. The Morgan fingerprint density at radius 1 is 1.18 bits per heavy atom. The number of aromatic nitrogens is 1. The second kappa shape index (κ2) is 9.94. The zero-order chi connectivity index (χ0) is 19.8. The number of nitrogens with one attached hydrogen (secondary N) is 1. The van der Waals surface area contributed by atoms with E-state index >= 15 is 0 Å². The number of methoxy groups -OCH3 is 1. The van der Waals surface area contributed by atoms with Crippen LogP contribution in [0.3, 0.4) is 0 Å². The number of hydrogen-bond donors (Lipinski definition) is 2. The summed E-state index contributed by atoms with van der Waals surface area (Å²) in [6.45, 7) is 6.65. The smallest absolute Gasteiger partial charge is 0.194 e. The zero-order valence-corrected chi connectivity index (χ0v) is 16.6. The third kappa shape index (κ3) is 4.92. The van der Waals surface area contributed by atoms with E-state index in [1.807, 2.05) is 30.3 Å². The summed E-state index contributed by atoms with van der Waals surface area (Å²) in [6.07, 6.45) is 2.74. The second-order valence-corrected chi connectivity index (χ2v) is 6.64. The van der Waals surface area contributed by atoms with E-state index in [4.69, 9.17) is 4.74 Å². The summed E-state index contributed by atoms with van der Waals surface area (Å²) in [5, 5.41) is 13.7. The summed E-state index contributed by atoms with van der Waals surface area (Å²) >= 11 is 0. The number of piperazine rings is 1. The molecule has 3 rings (SSSR count). The Hall–Kier alpha value is -2.80. The molecule has 1 saturated heterocycles. The number of aliphatic hydroxyl groups excluding tert-OH is 1. The summed E-state index contributed by atoms with van der Waals surface area (Å²) < 4.78 is 5.49. The minimum absolute atomic E-state index is 0.319. The van der Waals surface area contributed by atoms with Gasteiger partial charge in [0.25, 0.3) is 0 Å². The molecule has 28 heavy (non-hydrogen) atoms. The highest BCUT2D eigenvalue weighted by Crippen LogP contribution is 2.28. The Balaban J connectivity index is 1.62. The predicted octanol–water partition coefficient (Wildman–Crippen LogP) is 1.91. The van der Waals surface area contributed by atoms with Gasteiger partial charge < -0.3 is 25.0 Å². The Kier molecular flexibility index (Phi) is 7.08. The average Bonchev–Trinajstić information content (AvgIpc) is 2.77. The molecule has 0 radical (unpaired) electrons. The van der Waals surface area contributed by atoms with Crippen LogP contribution in [0, 0.1) is 0 Å². The lowest BCUT2D eigenvalue weighted by atomic mass is 10.1. The maximum Gasteiger partial charge on any atom is 0.194 e. The summed E-state index contributed by atoms with van der Waals surface area (Å²) in [6, 6.07) is 11.8. The first-order valence-corrected chi connectivity index (χ1v) is 9.72. The molecule has 1 aliphatic heterocycles. The van der Waals surface area contributed by atoms with E-state index < -0.39 is 6.10 Å². The molecule has 0 spiro atoms. The monoisotopic (exact) mass is 383 g/mol. The molecule has 7 heteroatoms. The van der Waals surface area contributed by atoms with Crippen molar-refractivity contribution in [2.45, 2.75) is 13.0 Å². The van der Waals surface area contributed by atoms with Crippen LogP contribution in [0.4, 0.5) is 5.69 Å². The lowest BCUT2D eigenvalue weighted by Crippen LogP contribution is -2.52. The molecule has 1 atom stereocenters. The number of guanidine groups is 1.